The minimum atomic E-state index is -0.446. The summed E-state index contributed by atoms with van der Waals surface area (Å²) in [7, 11) is 1.31. The molecule has 0 heterocycles. The maximum Gasteiger partial charge on any atom is 0.330 e. The lowest BCUT2D eigenvalue weighted by Crippen LogP contribution is -2.07. The first kappa shape index (κ1) is 13.4. The molecule has 1 aromatic carbocycles. The summed E-state index contributed by atoms with van der Waals surface area (Å²) in [6, 6.07) is 5.41. The fourth-order valence-corrected chi connectivity index (χ4v) is 1.69. The van der Waals surface area contributed by atoms with E-state index in [4.69, 9.17) is 0 Å². The van der Waals surface area contributed by atoms with Crippen LogP contribution < -0.4 is 5.32 Å². The molecule has 0 aliphatic carbocycles. The Labute approximate surface area is 108 Å². The highest BCUT2D eigenvalue weighted by Gasteiger charge is 2.06. The van der Waals surface area contributed by atoms with Crippen molar-refractivity contribution < 1.29 is 14.3 Å². The summed E-state index contributed by atoms with van der Waals surface area (Å²) in [5.41, 5.74) is 1.35. The molecule has 0 fully saturated rings. The second-order valence-corrected chi connectivity index (χ2v) is 4.10. The second kappa shape index (κ2) is 6.20. The van der Waals surface area contributed by atoms with Crippen molar-refractivity contribution in [2.45, 2.75) is 6.92 Å². The molecule has 4 nitrogen and oxygen atoms in total. The molecule has 1 N–H and O–H groups in total. The molecule has 0 saturated heterocycles. The lowest BCUT2D eigenvalue weighted by atomic mass is 10.1. The summed E-state index contributed by atoms with van der Waals surface area (Å²) in [6.07, 6.45) is 2.88. The van der Waals surface area contributed by atoms with Gasteiger partial charge in [-0.25, -0.2) is 4.79 Å². The topological polar surface area (TPSA) is 55.4 Å². The van der Waals surface area contributed by atoms with E-state index in [-0.39, 0.29) is 5.91 Å². The van der Waals surface area contributed by atoms with Gasteiger partial charge in [-0.15, -0.1) is 0 Å². The van der Waals surface area contributed by atoms with Gasteiger partial charge < -0.3 is 10.1 Å². The Balaban J connectivity index is 3.06. The third kappa shape index (κ3) is 4.03. The minimum absolute atomic E-state index is 0.176. The monoisotopic (exact) mass is 297 g/mol. The Morgan fingerprint density at radius 3 is 2.71 bits per heavy atom. The molecule has 0 bridgehead atoms. The number of carbonyl (C=O) groups excluding carboxylic acids is 2. The van der Waals surface area contributed by atoms with Crippen molar-refractivity contribution in [1.82, 2.24) is 0 Å². The predicted octanol–water partition coefficient (Wildman–Crippen LogP) is 2.59. The molecule has 0 spiro atoms. The van der Waals surface area contributed by atoms with Crippen molar-refractivity contribution in [2.24, 2.45) is 0 Å². The third-order valence-electron chi connectivity index (χ3n) is 1.95. The van der Waals surface area contributed by atoms with Gasteiger partial charge in [0.2, 0.25) is 5.91 Å². The summed E-state index contributed by atoms with van der Waals surface area (Å²) in [5, 5.41) is 2.69. The third-order valence-corrected chi connectivity index (χ3v) is 2.61. The molecular formula is C12H12BrNO3. The maximum atomic E-state index is 11.1. The van der Waals surface area contributed by atoms with Crippen molar-refractivity contribution in [3.05, 3.63) is 34.3 Å². The van der Waals surface area contributed by atoms with Crippen LogP contribution in [0, 0.1) is 0 Å². The molecular weight excluding hydrogens is 286 g/mol. The smallest absolute Gasteiger partial charge is 0.330 e. The molecule has 0 atom stereocenters. The number of hydrogen-bond acceptors (Lipinski definition) is 3. The van der Waals surface area contributed by atoms with Gasteiger partial charge in [0.05, 0.1) is 12.8 Å². The normalized spacial score (nSPS) is 10.3. The molecule has 17 heavy (non-hydrogen) atoms. The number of carbonyl (C=O) groups is 2. The van der Waals surface area contributed by atoms with Crippen LogP contribution in [-0.4, -0.2) is 19.0 Å². The Hall–Kier alpha value is -1.62. The summed E-state index contributed by atoms with van der Waals surface area (Å²) < 4.78 is 5.25. The first-order chi connectivity index (χ1) is 8.04. The second-order valence-electron chi connectivity index (χ2n) is 3.24. The molecule has 90 valence electrons. The van der Waals surface area contributed by atoms with Crippen LogP contribution in [0.25, 0.3) is 6.08 Å². The Bertz CT molecular complexity index is 469. The number of methoxy groups -OCH3 is 1. The lowest BCUT2D eigenvalue weighted by molar-refractivity contribution is -0.134. The number of benzene rings is 1. The summed E-state index contributed by atoms with van der Waals surface area (Å²) >= 11 is 3.33. The lowest BCUT2D eigenvalue weighted by Gasteiger charge is -2.08. The first-order valence-corrected chi connectivity index (χ1v) is 5.66. The minimum Gasteiger partial charge on any atom is -0.466 e. The number of para-hydroxylation sites is 1. The van der Waals surface area contributed by atoms with Gasteiger partial charge in [-0.1, -0.05) is 12.1 Å². The van der Waals surface area contributed by atoms with Crippen LogP contribution in [-0.2, 0) is 14.3 Å². The molecule has 1 amide bonds. The summed E-state index contributed by atoms with van der Waals surface area (Å²) in [6.45, 7) is 1.42. The number of rotatable bonds is 3. The number of ether oxygens (including phenoxy) is 1. The van der Waals surface area contributed by atoms with E-state index in [2.05, 4.69) is 26.0 Å². The number of hydrogen-bond donors (Lipinski definition) is 1. The highest BCUT2D eigenvalue weighted by molar-refractivity contribution is 9.10. The van der Waals surface area contributed by atoms with Gasteiger partial charge in [-0.2, -0.15) is 0 Å². The molecule has 0 saturated carbocycles. The average Bonchev–Trinajstić information content (AvgIpc) is 2.29. The van der Waals surface area contributed by atoms with E-state index < -0.39 is 5.97 Å². The Morgan fingerprint density at radius 2 is 2.12 bits per heavy atom. The molecule has 1 aromatic rings. The fourth-order valence-electron chi connectivity index (χ4n) is 1.21. The van der Waals surface area contributed by atoms with E-state index in [0.29, 0.717) is 5.69 Å². The van der Waals surface area contributed by atoms with Gasteiger partial charge in [0.25, 0.3) is 0 Å². The van der Waals surface area contributed by atoms with Crippen molar-refractivity contribution in [3.63, 3.8) is 0 Å². The number of nitrogens with one attached hydrogen (secondary N) is 1. The molecule has 1 rings (SSSR count). The molecule has 0 aliphatic heterocycles. The van der Waals surface area contributed by atoms with Gasteiger partial charge in [-0.05, 0) is 33.6 Å². The van der Waals surface area contributed by atoms with E-state index in [9.17, 15) is 9.59 Å². The standard InChI is InChI=1S/C12H12BrNO3/c1-8(15)14-12-9(4-3-5-10(12)13)6-7-11(16)17-2/h3-7H,1-2H3,(H,14,15)/b7-6+. The van der Waals surface area contributed by atoms with Crippen molar-refractivity contribution in [1.29, 1.82) is 0 Å². The molecule has 0 radical (unpaired) electrons. The van der Waals surface area contributed by atoms with Crippen LogP contribution in [0.2, 0.25) is 0 Å². The first-order valence-electron chi connectivity index (χ1n) is 4.86. The van der Waals surface area contributed by atoms with Gasteiger partial charge in [-0.3, -0.25) is 4.79 Å². The molecule has 0 unspecified atom stereocenters. The number of esters is 1. The van der Waals surface area contributed by atoms with Gasteiger partial charge in [0.15, 0.2) is 0 Å². The van der Waals surface area contributed by atoms with E-state index in [1.165, 1.54) is 20.1 Å². The zero-order chi connectivity index (χ0) is 12.8. The van der Waals surface area contributed by atoms with Crippen LogP contribution >= 0.6 is 15.9 Å². The van der Waals surface area contributed by atoms with Gasteiger partial charge in [0, 0.05) is 17.5 Å². The zero-order valence-corrected chi connectivity index (χ0v) is 11.1. The van der Waals surface area contributed by atoms with E-state index in [1.54, 1.807) is 18.2 Å². The van der Waals surface area contributed by atoms with Gasteiger partial charge >= 0.3 is 5.97 Å². The summed E-state index contributed by atoms with van der Waals surface area (Å²) in [4.78, 5) is 22.1. The largest absolute Gasteiger partial charge is 0.466 e. The quantitative estimate of drug-likeness (QED) is 0.689. The van der Waals surface area contributed by atoms with Crippen molar-refractivity contribution in [2.75, 3.05) is 12.4 Å². The molecule has 5 heteroatoms. The Morgan fingerprint density at radius 1 is 1.41 bits per heavy atom. The highest BCUT2D eigenvalue weighted by Crippen LogP contribution is 2.27. The van der Waals surface area contributed by atoms with E-state index in [0.717, 1.165) is 10.0 Å². The molecule has 0 aromatic heterocycles. The van der Waals surface area contributed by atoms with Crippen molar-refractivity contribution in [3.8, 4) is 0 Å². The van der Waals surface area contributed by atoms with Crippen LogP contribution in [0.3, 0.4) is 0 Å². The fraction of sp³-hybridized carbons (Fsp3) is 0.167. The number of halogens is 1. The zero-order valence-electron chi connectivity index (χ0n) is 9.49. The Kier molecular flexibility index (Phi) is 4.90. The number of anilines is 1. The van der Waals surface area contributed by atoms with E-state index in [1.807, 2.05) is 6.07 Å². The van der Waals surface area contributed by atoms with Crippen molar-refractivity contribution >= 4 is 39.6 Å². The van der Waals surface area contributed by atoms with Crippen LogP contribution in [0.5, 0.6) is 0 Å². The SMILES string of the molecule is COC(=O)/C=C/c1cccc(Br)c1NC(C)=O. The summed E-state index contributed by atoms with van der Waals surface area (Å²) in [5.74, 6) is -0.622. The molecule has 0 aliphatic rings. The van der Waals surface area contributed by atoms with Crippen LogP contribution in [0.15, 0.2) is 28.7 Å². The van der Waals surface area contributed by atoms with Gasteiger partial charge in [0.1, 0.15) is 0 Å². The average molecular weight is 298 g/mol. The maximum absolute atomic E-state index is 11.1. The highest BCUT2D eigenvalue weighted by atomic mass is 79.9. The van der Waals surface area contributed by atoms with E-state index >= 15 is 0 Å². The predicted molar refractivity (Wildman–Crippen MR) is 69.5 cm³/mol. The van der Waals surface area contributed by atoms with Crippen LogP contribution in [0.1, 0.15) is 12.5 Å². The number of amides is 1. The van der Waals surface area contributed by atoms with Crippen LogP contribution in [0.4, 0.5) is 5.69 Å².